The molecule has 6 nitrogen and oxygen atoms in total. The first-order valence-corrected chi connectivity index (χ1v) is 9.88. The van der Waals surface area contributed by atoms with Crippen LogP contribution in [0, 0.1) is 5.41 Å². The second kappa shape index (κ2) is 10.6. The fraction of sp³-hybridized carbons (Fsp3) is 0.895. The minimum atomic E-state index is -0.309. The van der Waals surface area contributed by atoms with Gasteiger partial charge in [0.25, 0.3) is 0 Å². The number of carbonyl (C=O) groups excluding carboxylic acids is 1. The summed E-state index contributed by atoms with van der Waals surface area (Å²) in [5, 5.41) is 6.77. The zero-order chi connectivity index (χ0) is 18.9. The summed E-state index contributed by atoms with van der Waals surface area (Å²) in [7, 11) is 3.70. The van der Waals surface area contributed by atoms with Crippen LogP contribution in [0.1, 0.15) is 53.4 Å². The first-order chi connectivity index (χ1) is 11.9. The van der Waals surface area contributed by atoms with Crippen molar-refractivity contribution in [1.29, 1.82) is 0 Å². The molecule has 0 radical (unpaired) electrons. The van der Waals surface area contributed by atoms with Crippen LogP contribution in [0.15, 0.2) is 4.99 Å². The predicted octanol–water partition coefficient (Wildman–Crippen LogP) is 1.92. The van der Waals surface area contributed by atoms with Crippen molar-refractivity contribution in [3.63, 3.8) is 0 Å². The van der Waals surface area contributed by atoms with Crippen molar-refractivity contribution < 1.29 is 4.79 Å². The van der Waals surface area contributed by atoms with Crippen LogP contribution < -0.4 is 10.6 Å². The van der Waals surface area contributed by atoms with Gasteiger partial charge in [-0.15, -0.1) is 0 Å². The van der Waals surface area contributed by atoms with Gasteiger partial charge in [-0.1, -0.05) is 26.7 Å². The number of hydrogen-bond acceptors (Lipinski definition) is 3. The van der Waals surface area contributed by atoms with Crippen LogP contribution in [0.25, 0.3) is 0 Å². The van der Waals surface area contributed by atoms with Crippen molar-refractivity contribution in [2.24, 2.45) is 10.4 Å². The number of rotatable bonds is 9. The number of nitrogens with one attached hydrogen (secondary N) is 2. The van der Waals surface area contributed by atoms with Crippen molar-refractivity contribution in [3.05, 3.63) is 0 Å². The fourth-order valence-electron chi connectivity index (χ4n) is 3.76. The molecule has 1 rings (SSSR count). The molecule has 6 heteroatoms. The molecule has 1 aliphatic carbocycles. The molecule has 0 aromatic heterocycles. The van der Waals surface area contributed by atoms with Gasteiger partial charge in [0.2, 0.25) is 5.91 Å². The zero-order valence-electron chi connectivity index (χ0n) is 17.2. The topological polar surface area (TPSA) is 60.0 Å². The van der Waals surface area contributed by atoms with Crippen molar-refractivity contribution in [3.8, 4) is 0 Å². The Morgan fingerprint density at radius 2 is 1.72 bits per heavy atom. The molecule has 0 aliphatic heterocycles. The van der Waals surface area contributed by atoms with E-state index in [1.165, 1.54) is 0 Å². The minimum absolute atomic E-state index is 0.223. The standard InChI is InChI=1S/C19H39N5O/c1-7-20-18(21-14-16(4)24(8-2)9-3)22-15-19(12-10-11-13-19)17(25)23(5)6/h16H,7-15H2,1-6H3,(H2,20,21,22). The number of hydrogen-bond donors (Lipinski definition) is 2. The fourth-order valence-corrected chi connectivity index (χ4v) is 3.76. The maximum absolute atomic E-state index is 12.7. The van der Waals surface area contributed by atoms with Crippen LogP contribution in [0.4, 0.5) is 0 Å². The lowest BCUT2D eigenvalue weighted by molar-refractivity contribution is -0.138. The van der Waals surface area contributed by atoms with E-state index < -0.39 is 0 Å². The highest BCUT2D eigenvalue weighted by atomic mass is 16.2. The number of guanidine groups is 1. The molecule has 1 aliphatic rings. The Morgan fingerprint density at radius 1 is 1.12 bits per heavy atom. The van der Waals surface area contributed by atoms with E-state index in [4.69, 9.17) is 4.99 Å². The molecule has 146 valence electrons. The van der Waals surface area contributed by atoms with Crippen LogP contribution in [-0.2, 0) is 4.79 Å². The van der Waals surface area contributed by atoms with Crippen LogP contribution in [0.3, 0.4) is 0 Å². The summed E-state index contributed by atoms with van der Waals surface area (Å²) in [5.41, 5.74) is -0.309. The molecule has 1 saturated carbocycles. The molecule has 0 bridgehead atoms. The highest BCUT2D eigenvalue weighted by molar-refractivity contribution is 5.84. The molecule has 1 atom stereocenters. The van der Waals surface area contributed by atoms with Gasteiger partial charge >= 0.3 is 0 Å². The van der Waals surface area contributed by atoms with E-state index in [1.807, 2.05) is 14.1 Å². The van der Waals surface area contributed by atoms with Gasteiger partial charge in [0, 0.05) is 33.2 Å². The molecule has 0 saturated heterocycles. The van der Waals surface area contributed by atoms with E-state index in [1.54, 1.807) is 4.90 Å². The van der Waals surface area contributed by atoms with Crippen LogP contribution in [0.5, 0.6) is 0 Å². The summed E-state index contributed by atoms with van der Waals surface area (Å²) in [6.07, 6.45) is 4.14. The Morgan fingerprint density at radius 3 is 2.20 bits per heavy atom. The van der Waals surface area contributed by atoms with Crippen molar-refractivity contribution in [2.75, 3.05) is 46.8 Å². The number of aliphatic imine (C=N–C) groups is 1. The van der Waals surface area contributed by atoms with Crippen molar-refractivity contribution in [2.45, 2.75) is 59.4 Å². The minimum Gasteiger partial charge on any atom is -0.357 e. The predicted molar refractivity (Wildman–Crippen MR) is 106 cm³/mol. The molecule has 25 heavy (non-hydrogen) atoms. The number of carbonyl (C=O) groups is 1. The summed E-state index contributed by atoms with van der Waals surface area (Å²) in [4.78, 5) is 21.6. The maximum atomic E-state index is 12.7. The highest BCUT2D eigenvalue weighted by Crippen LogP contribution is 2.39. The van der Waals surface area contributed by atoms with Gasteiger partial charge < -0.3 is 15.5 Å². The van der Waals surface area contributed by atoms with Gasteiger partial charge in [-0.05, 0) is 39.8 Å². The molecule has 1 amide bonds. The third kappa shape index (κ3) is 6.17. The SMILES string of the molecule is CCNC(=NCC1(C(=O)N(C)C)CCCC1)NCC(C)N(CC)CC. The Bertz CT molecular complexity index is 426. The number of nitrogens with zero attached hydrogens (tertiary/aromatic N) is 3. The third-order valence-corrected chi connectivity index (χ3v) is 5.31. The van der Waals surface area contributed by atoms with E-state index in [0.717, 1.165) is 57.8 Å². The smallest absolute Gasteiger partial charge is 0.230 e. The van der Waals surface area contributed by atoms with Gasteiger partial charge in [-0.25, -0.2) is 0 Å². The highest BCUT2D eigenvalue weighted by Gasteiger charge is 2.42. The molecular weight excluding hydrogens is 314 g/mol. The zero-order valence-corrected chi connectivity index (χ0v) is 17.2. The van der Waals surface area contributed by atoms with Gasteiger partial charge in [0.1, 0.15) is 0 Å². The quantitative estimate of drug-likeness (QED) is 0.491. The van der Waals surface area contributed by atoms with E-state index in [-0.39, 0.29) is 11.3 Å². The molecule has 0 spiro atoms. The second-order valence-electron chi connectivity index (χ2n) is 7.33. The molecule has 1 unspecified atom stereocenters. The third-order valence-electron chi connectivity index (χ3n) is 5.31. The molecule has 0 aromatic carbocycles. The number of amides is 1. The summed E-state index contributed by atoms with van der Waals surface area (Å²) in [6.45, 7) is 13.0. The molecule has 0 heterocycles. The van der Waals surface area contributed by atoms with E-state index in [2.05, 4.69) is 43.2 Å². The number of likely N-dealkylation sites (N-methyl/N-ethyl adjacent to an activating group) is 1. The molecule has 1 fully saturated rings. The van der Waals surface area contributed by atoms with E-state index >= 15 is 0 Å². The van der Waals surface area contributed by atoms with E-state index in [0.29, 0.717) is 12.6 Å². The van der Waals surface area contributed by atoms with Crippen LogP contribution in [-0.4, -0.2) is 74.5 Å². The Hall–Kier alpha value is -1.30. The van der Waals surface area contributed by atoms with E-state index in [9.17, 15) is 4.79 Å². The lowest BCUT2D eigenvalue weighted by atomic mass is 9.85. The van der Waals surface area contributed by atoms with Crippen LogP contribution >= 0.6 is 0 Å². The normalized spacial score (nSPS) is 18.3. The van der Waals surface area contributed by atoms with Crippen LogP contribution in [0.2, 0.25) is 0 Å². The first-order valence-electron chi connectivity index (χ1n) is 9.88. The monoisotopic (exact) mass is 353 g/mol. The van der Waals surface area contributed by atoms with Gasteiger partial charge in [-0.2, -0.15) is 0 Å². The Kier molecular flexibility index (Phi) is 9.25. The van der Waals surface area contributed by atoms with Gasteiger partial charge in [0.15, 0.2) is 5.96 Å². The Balaban J connectivity index is 2.74. The van der Waals surface area contributed by atoms with Crippen molar-refractivity contribution >= 4 is 11.9 Å². The maximum Gasteiger partial charge on any atom is 0.230 e. The Labute approximate surface area is 154 Å². The lowest BCUT2D eigenvalue weighted by Gasteiger charge is -2.30. The molecule has 0 aromatic rings. The second-order valence-corrected chi connectivity index (χ2v) is 7.33. The van der Waals surface area contributed by atoms with Gasteiger partial charge in [0.05, 0.1) is 12.0 Å². The summed E-state index contributed by atoms with van der Waals surface area (Å²) >= 11 is 0. The largest absolute Gasteiger partial charge is 0.357 e. The summed E-state index contributed by atoms with van der Waals surface area (Å²) in [6, 6.07) is 0.447. The van der Waals surface area contributed by atoms with Crippen molar-refractivity contribution in [1.82, 2.24) is 20.4 Å². The molecular formula is C19H39N5O. The molecule has 2 N–H and O–H groups in total. The summed E-state index contributed by atoms with van der Waals surface area (Å²) < 4.78 is 0. The average Bonchev–Trinajstić information content (AvgIpc) is 3.07. The lowest BCUT2D eigenvalue weighted by Crippen LogP contribution is -2.47. The summed E-state index contributed by atoms with van der Waals surface area (Å²) in [5.74, 6) is 1.04. The van der Waals surface area contributed by atoms with Gasteiger partial charge in [-0.3, -0.25) is 14.7 Å². The average molecular weight is 354 g/mol. The first kappa shape index (κ1) is 21.7.